The van der Waals surface area contributed by atoms with Crippen molar-refractivity contribution in [1.29, 1.82) is 0 Å². The molecule has 0 N–H and O–H groups in total. The minimum Gasteiger partial charge on any atom is -0.176 e. The van der Waals surface area contributed by atoms with Gasteiger partial charge < -0.3 is 0 Å². The van der Waals surface area contributed by atoms with Crippen LogP contribution in [0, 0.1) is 5.92 Å². The molecular weight excluding hydrogens is 447 g/mol. The highest BCUT2D eigenvalue weighted by Gasteiger charge is 2.29. The second kappa shape index (κ2) is 11.4. The Kier molecular flexibility index (Phi) is 8.52. The summed E-state index contributed by atoms with van der Waals surface area (Å²) >= 11 is 9.96. The molecule has 3 heteroatoms. The van der Waals surface area contributed by atoms with E-state index in [2.05, 4.69) is 14.8 Å². The fourth-order valence-corrected chi connectivity index (χ4v) is 8.83. The highest BCUT2D eigenvalue weighted by Crippen LogP contribution is 2.46. The third-order valence-electron chi connectivity index (χ3n) is 9.71. The summed E-state index contributed by atoms with van der Waals surface area (Å²) in [7, 11) is 2.52. The summed E-state index contributed by atoms with van der Waals surface area (Å²) in [4.78, 5) is 0. The van der Waals surface area contributed by atoms with Crippen molar-refractivity contribution in [2.75, 3.05) is 0 Å². The molecule has 0 radical (unpaired) electrons. The number of rotatable bonds is 0. The molecule has 0 aliphatic heterocycles. The standard InChI is InChI=1S/C31H47BS2/c1-20-4-2-5-21(14-20)22-8-9-23(16-27(32)15-22)24-10-11-25(19-29(34)17-24)30-6-3-7-31(30)26-12-13-28(33)18-26/h20,27-29,33-34H,2-19,32H2,1H3/b22-21-,24-23-,30-25-,31-26+. The molecule has 5 saturated carbocycles. The van der Waals surface area contributed by atoms with E-state index in [1.807, 2.05) is 16.7 Å². The first kappa shape index (κ1) is 25.4. The Morgan fingerprint density at radius 1 is 0.529 bits per heavy atom. The Morgan fingerprint density at radius 2 is 1.06 bits per heavy atom. The molecule has 0 aromatic carbocycles. The van der Waals surface area contributed by atoms with E-state index in [0.29, 0.717) is 10.5 Å². The van der Waals surface area contributed by atoms with E-state index in [0.717, 1.165) is 11.7 Å². The van der Waals surface area contributed by atoms with Crippen LogP contribution in [0.4, 0.5) is 0 Å². The van der Waals surface area contributed by atoms with Gasteiger partial charge in [0.05, 0.1) is 0 Å². The highest BCUT2D eigenvalue weighted by molar-refractivity contribution is 7.81. The maximum atomic E-state index is 5.17. The Hall–Kier alpha value is -0.275. The molecule has 0 aromatic rings. The van der Waals surface area contributed by atoms with E-state index in [1.54, 1.807) is 27.9 Å². The summed E-state index contributed by atoms with van der Waals surface area (Å²) in [5.41, 5.74) is 14.4. The van der Waals surface area contributed by atoms with Crippen LogP contribution in [0.15, 0.2) is 44.6 Å². The summed E-state index contributed by atoms with van der Waals surface area (Å²) in [6.45, 7) is 2.47. The summed E-state index contributed by atoms with van der Waals surface area (Å²) < 4.78 is 0. The van der Waals surface area contributed by atoms with Crippen molar-refractivity contribution >= 4 is 33.1 Å². The number of hydrogen-bond acceptors (Lipinski definition) is 2. The van der Waals surface area contributed by atoms with Gasteiger partial charge >= 0.3 is 0 Å². The number of allylic oxidation sites excluding steroid dienone is 8. The quantitative estimate of drug-likeness (QED) is 0.143. The van der Waals surface area contributed by atoms with Crippen molar-refractivity contribution in [2.24, 2.45) is 5.92 Å². The van der Waals surface area contributed by atoms with Gasteiger partial charge in [0.2, 0.25) is 0 Å². The molecule has 5 rings (SSSR count). The third-order valence-corrected chi connectivity index (χ3v) is 10.5. The van der Waals surface area contributed by atoms with Gasteiger partial charge in [-0.15, -0.1) is 0 Å². The maximum Gasteiger partial charge on any atom is 0.106 e. The molecule has 0 saturated heterocycles. The molecule has 5 aliphatic rings. The Balaban J connectivity index is 1.35. The normalized spacial score (nSPS) is 42.7. The minimum atomic E-state index is 0.510. The van der Waals surface area contributed by atoms with E-state index >= 15 is 0 Å². The lowest BCUT2D eigenvalue weighted by Gasteiger charge is -2.24. The van der Waals surface area contributed by atoms with Crippen LogP contribution in [0.25, 0.3) is 0 Å². The first-order valence-corrected chi connectivity index (χ1v) is 15.7. The van der Waals surface area contributed by atoms with Crippen LogP contribution < -0.4 is 0 Å². The van der Waals surface area contributed by atoms with Gasteiger partial charge in [0.1, 0.15) is 7.85 Å². The zero-order chi connectivity index (χ0) is 23.7. The molecule has 0 heterocycles. The fourth-order valence-electron chi connectivity index (χ4n) is 8.04. The largest absolute Gasteiger partial charge is 0.176 e. The predicted molar refractivity (Wildman–Crippen MR) is 158 cm³/mol. The van der Waals surface area contributed by atoms with Crippen molar-refractivity contribution in [3.05, 3.63) is 44.6 Å². The highest BCUT2D eigenvalue weighted by atomic mass is 32.1. The maximum absolute atomic E-state index is 5.17. The Labute approximate surface area is 221 Å². The molecule has 0 aromatic heterocycles. The van der Waals surface area contributed by atoms with Crippen LogP contribution in [0.1, 0.15) is 122 Å². The Bertz CT molecular complexity index is 904. The van der Waals surface area contributed by atoms with Crippen LogP contribution in [-0.4, -0.2) is 18.3 Å². The smallest absolute Gasteiger partial charge is 0.106 e. The van der Waals surface area contributed by atoms with Crippen LogP contribution in [0.5, 0.6) is 0 Å². The van der Waals surface area contributed by atoms with E-state index < -0.39 is 0 Å². The molecule has 0 amide bonds. The van der Waals surface area contributed by atoms with Crippen molar-refractivity contribution in [2.45, 2.75) is 139 Å². The van der Waals surface area contributed by atoms with Crippen molar-refractivity contribution < 1.29 is 0 Å². The molecule has 0 spiro atoms. The first-order valence-electron chi connectivity index (χ1n) is 14.6. The van der Waals surface area contributed by atoms with E-state index in [1.165, 1.54) is 116 Å². The zero-order valence-corrected chi connectivity index (χ0v) is 23.7. The molecule has 5 fully saturated rings. The average Bonchev–Trinajstić information content (AvgIpc) is 3.35. The van der Waals surface area contributed by atoms with Crippen LogP contribution in [0.3, 0.4) is 0 Å². The Morgan fingerprint density at radius 3 is 1.68 bits per heavy atom. The lowest BCUT2D eigenvalue weighted by Crippen LogP contribution is -2.07. The second-order valence-corrected chi connectivity index (χ2v) is 14.1. The van der Waals surface area contributed by atoms with Crippen LogP contribution >= 0.6 is 25.3 Å². The minimum absolute atomic E-state index is 0.510. The fraction of sp³-hybridized carbons (Fsp3) is 0.742. The topological polar surface area (TPSA) is 0 Å². The predicted octanol–water partition coefficient (Wildman–Crippen LogP) is 8.92. The first-order chi connectivity index (χ1) is 16.5. The zero-order valence-electron chi connectivity index (χ0n) is 21.9. The SMILES string of the molecule is BC1C/C(=C2/CCCC(C)C2)CC/C(=C2\CC/C(=C3\CCC\C3=C3\CCC(S)C3)CC(S)C2)C1. The summed E-state index contributed by atoms with van der Waals surface area (Å²) in [6, 6.07) is 0. The lowest BCUT2D eigenvalue weighted by atomic mass is 9.76. The molecule has 4 atom stereocenters. The van der Waals surface area contributed by atoms with Crippen LogP contribution in [-0.2, 0) is 0 Å². The number of hydrogen-bond donors (Lipinski definition) is 2. The summed E-state index contributed by atoms with van der Waals surface area (Å²) in [5, 5.41) is 1.11. The van der Waals surface area contributed by atoms with Crippen molar-refractivity contribution in [1.82, 2.24) is 0 Å². The van der Waals surface area contributed by atoms with Gasteiger partial charge in [-0.25, -0.2) is 0 Å². The third kappa shape index (κ3) is 5.99. The van der Waals surface area contributed by atoms with Gasteiger partial charge in [0.15, 0.2) is 0 Å². The summed E-state index contributed by atoms with van der Waals surface area (Å²) in [6.07, 6.45) is 23.9. The second-order valence-electron chi connectivity index (χ2n) is 12.6. The molecule has 34 heavy (non-hydrogen) atoms. The molecule has 0 bridgehead atoms. The van der Waals surface area contributed by atoms with Gasteiger partial charge in [0, 0.05) is 10.5 Å². The summed E-state index contributed by atoms with van der Waals surface area (Å²) in [5.74, 6) is 1.72. The van der Waals surface area contributed by atoms with Gasteiger partial charge in [-0.1, -0.05) is 52.6 Å². The average molecular weight is 495 g/mol. The number of thiol groups is 2. The van der Waals surface area contributed by atoms with Crippen LogP contribution in [0.2, 0.25) is 5.82 Å². The monoisotopic (exact) mass is 494 g/mol. The molecule has 5 aliphatic carbocycles. The molecule has 186 valence electrons. The molecule has 0 nitrogen and oxygen atoms in total. The van der Waals surface area contributed by atoms with E-state index in [4.69, 9.17) is 25.3 Å². The van der Waals surface area contributed by atoms with Crippen molar-refractivity contribution in [3.63, 3.8) is 0 Å². The van der Waals surface area contributed by atoms with Gasteiger partial charge in [-0.3, -0.25) is 0 Å². The molecular formula is C31H47BS2. The lowest BCUT2D eigenvalue weighted by molar-refractivity contribution is 0.447. The van der Waals surface area contributed by atoms with Gasteiger partial charge in [-0.2, -0.15) is 25.3 Å². The van der Waals surface area contributed by atoms with E-state index in [-0.39, 0.29) is 0 Å². The van der Waals surface area contributed by atoms with Gasteiger partial charge in [-0.05, 0) is 126 Å². The van der Waals surface area contributed by atoms with Crippen molar-refractivity contribution in [3.8, 4) is 0 Å². The van der Waals surface area contributed by atoms with E-state index in [9.17, 15) is 0 Å². The molecule has 4 unspecified atom stereocenters. The van der Waals surface area contributed by atoms with Gasteiger partial charge in [0.25, 0.3) is 0 Å².